The molecule has 2 aromatic carbocycles. The molecule has 1 N–H and O–H groups in total. The van der Waals surface area contributed by atoms with Crippen molar-refractivity contribution in [1.29, 1.82) is 0 Å². The first-order chi connectivity index (χ1) is 19.9. The van der Waals surface area contributed by atoms with Crippen LogP contribution in [-0.4, -0.2) is 80.4 Å². The van der Waals surface area contributed by atoms with Gasteiger partial charge in [-0.05, 0) is 43.7 Å². The summed E-state index contributed by atoms with van der Waals surface area (Å²) in [7, 11) is -3.70. The van der Waals surface area contributed by atoms with Gasteiger partial charge in [0.05, 0.1) is 28.7 Å². The van der Waals surface area contributed by atoms with Crippen molar-refractivity contribution in [2.24, 2.45) is 0 Å². The summed E-state index contributed by atoms with van der Waals surface area (Å²) in [5.74, 6) is -0.716. The summed E-state index contributed by atoms with van der Waals surface area (Å²) in [6.45, 7) is 8.42. The van der Waals surface area contributed by atoms with Gasteiger partial charge < -0.3 is 10.1 Å². The van der Waals surface area contributed by atoms with Gasteiger partial charge in [0, 0.05) is 45.0 Å². The van der Waals surface area contributed by atoms with Gasteiger partial charge in [0.1, 0.15) is 0 Å². The third kappa shape index (κ3) is 6.69. The number of hydrogen-bond acceptors (Lipinski definition) is 6. The van der Waals surface area contributed by atoms with Crippen molar-refractivity contribution in [3.05, 3.63) is 89.1 Å². The Balaban J connectivity index is 1.65. The first kappa shape index (κ1) is 31.3. The van der Waals surface area contributed by atoms with E-state index in [-0.39, 0.29) is 48.8 Å². The Morgan fingerprint density at radius 2 is 1.69 bits per heavy atom. The van der Waals surface area contributed by atoms with Gasteiger partial charge in [0.15, 0.2) is 0 Å². The van der Waals surface area contributed by atoms with Crippen molar-refractivity contribution in [2.45, 2.75) is 31.0 Å². The number of carbonyl (C=O) groups excluding carboxylic acids is 2. The summed E-state index contributed by atoms with van der Waals surface area (Å²) in [6.07, 6.45) is -3.05. The third-order valence-corrected chi connectivity index (χ3v) is 9.09. The number of halogens is 3. The average molecular weight is 607 g/mol. The molecule has 226 valence electrons. The Hall–Kier alpha value is -3.68. The number of rotatable bonds is 9. The number of sulfonamides is 1. The molecule has 2 aromatic rings. The largest absolute Gasteiger partial charge is 0.463 e. The molecule has 0 saturated carbocycles. The van der Waals surface area contributed by atoms with Crippen molar-refractivity contribution in [1.82, 2.24) is 19.4 Å². The molecule has 9 nitrogen and oxygen atoms in total. The molecule has 13 heteroatoms. The first-order valence-corrected chi connectivity index (χ1v) is 14.9. The monoisotopic (exact) mass is 606 g/mol. The molecule has 2 aliphatic heterocycles. The predicted octanol–water partition coefficient (Wildman–Crippen LogP) is 4.09. The van der Waals surface area contributed by atoms with Gasteiger partial charge in [-0.15, -0.1) is 6.58 Å². The van der Waals surface area contributed by atoms with Crippen LogP contribution in [0, 0.1) is 6.92 Å². The average Bonchev–Trinajstić information content (AvgIpc) is 2.95. The van der Waals surface area contributed by atoms with Crippen LogP contribution in [0.15, 0.2) is 77.4 Å². The minimum atomic E-state index is -4.55. The SMILES string of the molecule is C=CCN1C(=O)NC(c2ccc(C(F)(F)F)cc2)C(C(=O)OCC)=C1CN1CCN(S(=O)(=O)c2ccc(C)cc2)CC1. The molecule has 0 radical (unpaired) electrons. The van der Waals surface area contributed by atoms with E-state index in [0.717, 1.165) is 17.7 Å². The smallest absolute Gasteiger partial charge is 0.416 e. The summed E-state index contributed by atoms with van der Waals surface area (Å²) in [6, 6.07) is 9.25. The highest BCUT2D eigenvalue weighted by atomic mass is 32.2. The van der Waals surface area contributed by atoms with Gasteiger partial charge in [0.25, 0.3) is 0 Å². The summed E-state index contributed by atoms with van der Waals surface area (Å²) < 4.78 is 72.6. The van der Waals surface area contributed by atoms with Crippen LogP contribution < -0.4 is 5.32 Å². The van der Waals surface area contributed by atoms with Crippen LogP contribution >= 0.6 is 0 Å². The molecule has 1 saturated heterocycles. The highest BCUT2D eigenvalue weighted by Crippen LogP contribution is 2.35. The molecule has 42 heavy (non-hydrogen) atoms. The number of nitrogens with zero attached hydrogens (tertiary/aromatic N) is 3. The molecule has 0 spiro atoms. The summed E-state index contributed by atoms with van der Waals surface area (Å²) in [5, 5.41) is 2.72. The van der Waals surface area contributed by atoms with E-state index in [1.165, 1.54) is 27.4 Å². The molecular weight excluding hydrogens is 573 g/mol. The van der Waals surface area contributed by atoms with E-state index in [1.54, 1.807) is 31.2 Å². The van der Waals surface area contributed by atoms with E-state index in [0.29, 0.717) is 18.8 Å². The lowest BCUT2D eigenvalue weighted by molar-refractivity contribution is -0.139. The Bertz CT molecular complexity index is 1450. The number of esters is 1. The van der Waals surface area contributed by atoms with Crippen LogP contribution in [0.2, 0.25) is 0 Å². The normalized spacial score (nSPS) is 19.0. The van der Waals surface area contributed by atoms with Crippen LogP contribution in [0.5, 0.6) is 0 Å². The number of hydrogen-bond donors (Lipinski definition) is 1. The molecule has 0 aromatic heterocycles. The molecule has 1 atom stereocenters. The lowest BCUT2D eigenvalue weighted by Gasteiger charge is -2.40. The fraction of sp³-hybridized carbons (Fsp3) is 0.379. The van der Waals surface area contributed by atoms with Crippen LogP contribution in [0.1, 0.15) is 29.7 Å². The Morgan fingerprint density at radius 3 is 2.24 bits per heavy atom. The van der Waals surface area contributed by atoms with E-state index >= 15 is 0 Å². The minimum absolute atomic E-state index is 0.0420. The summed E-state index contributed by atoms with van der Waals surface area (Å²) >= 11 is 0. The molecule has 4 rings (SSSR count). The molecule has 2 amide bonds. The highest BCUT2D eigenvalue weighted by molar-refractivity contribution is 7.89. The van der Waals surface area contributed by atoms with E-state index in [9.17, 15) is 31.2 Å². The number of urea groups is 1. The molecule has 0 bridgehead atoms. The van der Waals surface area contributed by atoms with Crippen molar-refractivity contribution in [2.75, 3.05) is 45.9 Å². The number of ether oxygens (including phenoxy) is 1. The fourth-order valence-electron chi connectivity index (χ4n) is 4.96. The van der Waals surface area contributed by atoms with Crippen molar-refractivity contribution in [3.63, 3.8) is 0 Å². The predicted molar refractivity (Wildman–Crippen MR) is 150 cm³/mol. The third-order valence-electron chi connectivity index (χ3n) is 7.18. The summed E-state index contributed by atoms with van der Waals surface area (Å²) in [5.41, 5.74) is 0.774. The summed E-state index contributed by atoms with van der Waals surface area (Å²) in [4.78, 5) is 30.0. The quantitative estimate of drug-likeness (QED) is 0.341. The topological polar surface area (TPSA) is 99.3 Å². The second kappa shape index (κ2) is 12.7. The molecular formula is C29H33F3N4O5S. The second-order valence-corrected chi connectivity index (χ2v) is 11.9. The van der Waals surface area contributed by atoms with E-state index < -0.39 is 39.8 Å². The standard InChI is InChI=1S/C29H33F3N4O5S/c1-4-14-36-24(19-34-15-17-35(18-16-34)42(39,40)23-12-6-20(3)7-13-23)25(27(37)41-5-2)26(33-28(36)38)21-8-10-22(11-9-21)29(30,31)32/h4,6-13,26H,1,5,14-19H2,2-3H3,(H,33,38). The van der Waals surface area contributed by atoms with Crippen molar-refractivity contribution in [3.8, 4) is 0 Å². The van der Waals surface area contributed by atoms with E-state index in [1.807, 2.05) is 11.8 Å². The zero-order chi connectivity index (χ0) is 30.7. The molecule has 2 aliphatic rings. The van der Waals surface area contributed by atoms with Crippen LogP contribution in [0.25, 0.3) is 0 Å². The van der Waals surface area contributed by atoms with Crippen LogP contribution in [0.4, 0.5) is 18.0 Å². The Kier molecular flexibility index (Phi) is 9.43. The highest BCUT2D eigenvalue weighted by Gasteiger charge is 2.40. The van der Waals surface area contributed by atoms with Crippen molar-refractivity contribution >= 4 is 22.0 Å². The lowest BCUT2D eigenvalue weighted by Crippen LogP contribution is -2.53. The van der Waals surface area contributed by atoms with Crippen molar-refractivity contribution < 1.29 is 35.9 Å². The van der Waals surface area contributed by atoms with E-state index in [2.05, 4.69) is 11.9 Å². The molecule has 1 unspecified atom stereocenters. The zero-order valence-corrected chi connectivity index (χ0v) is 24.2. The number of carbonyl (C=O) groups is 2. The Morgan fingerprint density at radius 1 is 1.07 bits per heavy atom. The number of aryl methyl sites for hydroxylation is 1. The number of alkyl halides is 3. The maximum absolute atomic E-state index is 13.3. The molecule has 1 fully saturated rings. The van der Waals surface area contributed by atoms with Crippen LogP contribution in [-0.2, 0) is 25.7 Å². The van der Waals surface area contributed by atoms with Gasteiger partial charge >= 0.3 is 18.2 Å². The molecule has 0 aliphatic carbocycles. The first-order valence-electron chi connectivity index (χ1n) is 13.4. The zero-order valence-electron chi connectivity index (χ0n) is 23.4. The minimum Gasteiger partial charge on any atom is -0.463 e. The number of benzene rings is 2. The lowest BCUT2D eigenvalue weighted by atomic mass is 9.93. The van der Waals surface area contributed by atoms with Gasteiger partial charge in [-0.1, -0.05) is 35.9 Å². The number of amides is 2. The van der Waals surface area contributed by atoms with Gasteiger partial charge in [0.2, 0.25) is 10.0 Å². The van der Waals surface area contributed by atoms with Gasteiger partial charge in [-0.25, -0.2) is 18.0 Å². The number of piperazine rings is 1. The maximum Gasteiger partial charge on any atom is 0.416 e. The maximum atomic E-state index is 13.3. The number of nitrogens with one attached hydrogen (secondary N) is 1. The second-order valence-electron chi connectivity index (χ2n) is 9.98. The van der Waals surface area contributed by atoms with Gasteiger partial charge in [-0.3, -0.25) is 9.80 Å². The fourth-order valence-corrected chi connectivity index (χ4v) is 6.38. The molecule has 2 heterocycles. The van der Waals surface area contributed by atoms with E-state index in [4.69, 9.17) is 4.74 Å². The Labute approximate surface area is 243 Å². The van der Waals surface area contributed by atoms with Gasteiger partial charge in [-0.2, -0.15) is 17.5 Å². The van der Waals surface area contributed by atoms with Crippen LogP contribution in [0.3, 0.4) is 0 Å².